The van der Waals surface area contributed by atoms with Crippen molar-refractivity contribution in [3.05, 3.63) is 24.3 Å². The fourth-order valence-corrected chi connectivity index (χ4v) is 8.90. The average molecular weight is 932 g/mol. The van der Waals surface area contributed by atoms with Crippen LogP contribution in [0.2, 0.25) is 0 Å². The smallest absolute Gasteiger partial charge is 0.394 e. The number of carbonyl (C=O) groups excluding carboxylic acids is 1. The quantitative estimate of drug-likeness (QED) is 0.0193. The van der Waals surface area contributed by atoms with Gasteiger partial charge in [-0.25, -0.2) is 4.18 Å². The van der Waals surface area contributed by atoms with Crippen LogP contribution in [0.5, 0.6) is 0 Å². The van der Waals surface area contributed by atoms with Crippen molar-refractivity contribution in [2.45, 2.75) is 281 Å². The van der Waals surface area contributed by atoms with Gasteiger partial charge in [-0.3, -0.25) is 9.35 Å². The second-order valence-corrected chi connectivity index (χ2v) is 19.5. The Hall–Kier alpha value is -1.42. The predicted molar refractivity (Wildman–Crippen MR) is 259 cm³/mol. The molecule has 7 unspecified atom stereocenters. The summed E-state index contributed by atoms with van der Waals surface area (Å²) in [5, 5.41) is 44.6. The van der Waals surface area contributed by atoms with Crippen molar-refractivity contribution < 1.29 is 51.8 Å². The molecule has 378 valence electrons. The number of hydrogen-bond acceptors (Lipinski definition) is 10. The van der Waals surface area contributed by atoms with Crippen molar-refractivity contribution in [2.75, 3.05) is 13.2 Å². The van der Waals surface area contributed by atoms with Gasteiger partial charge in [0.25, 0.3) is 0 Å². The van der Waals surface area contributed by atoms with Gasteiger partial charge in [-0.05, 0) is 44.9 Å². The summed E-state index contributed by atoms with van der Waals surface area (Å²) in [6, 6.07) is -0.940. The number of rotatable bonds is 45. The van der Waals surface area contributed by atoms with E-state index >= 15 is 0 Å². The SMILES string of the molecule is CCCCCCCCC/C=C/C(O)C(COC1OC(CO)C(O)C(OS(=O)(=O)O)C1O)NC(=O)CCCCCCCCCCCCCC/C=C\CCCCCCCCCCCCCC. The van der Waals surface area contributed by atoms with E-state index in [4.69, 9.17) is 9.47 Å². The standard InChI is InChI=1S/C51H97NO11S/c1-3-5-7-9-11-13-14-15-16-17-18-19-20-21-22-23-24-25-26-27-28-29-30-31-33-35-37-39-41-47(55)52-44(45(54)40-38-36-34-32-12-10-8-6-4-2)43-61-51-49(57)50(63-64(58,59)60)48(56)46(42-53)62-51/h21-22,38,40,44-46,48-51,53-54,56-57H,3-20,23-37,39,41-43H2,1-2H3,(H,52,55)(H,58,59,60)/b22-21-,40-38+. The number of hydrogen-bond donors (Lipinski definition) is 6. The van der Waals surface area contributed by atoms with E-state index in [1.54, 1.807) is 6.08 Å². The third kappa shape index (κ3) is 34.0. The number of allylic oxidation sites excluding steroid dienone is 3. The van der Waals surface area contributed by atoms with E-state index in [0.29, 0.717) is 6.42 Å². The van der Waals surface area contributed by atoms with Crippen LogP contribution in [0.25, 0.3) is 0 Å². The van der Waals surface area contributed by atoms with Gasteiger partial charge in [-0.1, -0.05) is 212 Å². The highest BCUT2D eigenvalue weighted by Gasteiger charge is 2.48. The van der Waals surface area contributed by atoms with Crippen LogP contribution in [-0.4, -0.2) is 95.4 Å². The molecule has 1 aliphatic heterocycles. The predicted octanol–water partition coefficient (Wildman–Crippen LogP) is 11.3. The topological polar surface area (TPSA) is 192 Å². The molecule has 1 rings (SSSR count). The Morgan fingerprint density at radius 2 is 1.00 bits per heavy atom. The summed E-state index contributed by atoms with van der Waals surface area (Å²) in [4.78, 5) is 13.0. The number of unbranched alkanes of at least 4 members (excludes halogenated alkanes) is 31. The van der Waals surface area contributed by atoms with Crippen LogP contribution in [-0.2, 0) is 28.9 Å². The van der Waals surface area contributed by atoms with E-state index in [0.717, 1.165) is 44.9 Å². The fraction of sp³-hybridized carbons (Fsp3) is 0.902. The van der Waals surface area contributed by atoms with Crippen molar-refractivity contribution >= 4 is 16.3 Å². The third-order valence-electron chi connectivity index (χ3n) is 12.5. The van der Waals surface area contributed by atoms with Gasteiger partial charge in [-0.15, -0.1) is 0 Å². The molecule has 7 atom stereocenters. The average Bonchev–Trinajstić information content (AvgIpc) is 3.27. The monoisotopic (exact) mass is 932 g/mol. The van der Waals surface area contributed by atoms with E-state index < -0.39 is 59.9 Å². The minimum atomic E-state index is -5.08. The van der Waals surface area contributed by atoms with Gasteiger partial charge < -0.3 is 35.2 Å². The number of aliphatic hydroxyl groups excluding tert-OH is 4. The van der Waals surface area contributed by atoms with Gasteiger partial charge in [0.15, 0.2) is 6.29 Å². The Bertz CT molecular complexity index is 1230. The molecule has 0 aromatic carbocycles. The number of carbonyl (C=O) groups is 1. The lowest BCUT2D eigenvalue weighted by Gasteiger charge is -2.41. The highest BCUT2D eigenvalue weighted by Crippen LogP contribution is 2.26. The Morgan fingerprint density at radius 3 is 1.41 bits per heavy atom. The molecule has 6 N–H and O–H groups in total. The summed E-state index contributed by atoms with van der Waals surface area (Å²) in [7, 11) is -5.08. The van der Waals surface area contributed by atoms with Crippen LogP contribution in [0.15, 0.2) is 24.3 Å². The van der Waals surface area contributed by atoms with E-state index in [1.807, 2.05) is 6.08 Å². The number of amides is 1. The molecular formula is C51H97NO11S. The van der Waals surface area contributed by atoms with Crippen molar-refractivity contribution in [1.29, 1.82) is 0 Å². The summed E-state index contributed by atoms with van der Waals surface area (Å²) >= 11 is 0. The van der Waals surface area contributed by atoms with Gasteiger partial charge in [0, 0.05) is 6.42 Å². The summed E-state index contributed by atoms with van der Waals surface area (Å²) in [5.41, 5.74) is 0. The molecule has 0 radical (unpaired) electrons. The molecule has 12 nitrogen and oxygen atoms in total. The fourth-order valence-electron chi connectivity index (χ4n) is 8.39. The van der Waals surface area contributed by atoms with Crippen molar-refractivity contribution in [1.82, 2.24) is 5.32 Å². The summed E-state index contributed by atoms with van der Waals surface area (Å²) < 4.78 is 47.5. The Kier molecular flexibility index (Phi) is 39.5. The lowest BCUT2D eigenvalue weighted by Crippen LogP contribution is -2.61. The maximum absolute atomic E-state index is 13.0. The van der Waals surface area contributed by atoms with E-state index in [-0.39, 0.29) is 18.9 Å². The van der Waals surface area contributed by atoms with Crippen molar-refractivity contribution in [2.24, 2.45) is 0 Å². The Balaban J connectivity index is 2.27. The zero-order valence-electron chi connectivity index (χ0n) is 40.6. The number of ether oxygens (including phenoxy) is 2. The zero-order chi connectivity index (χ0) is 46.9. The molecule has 1 heterocycles. The summed E-state index contributed by atoms with van der Waals surface area (Å²) in [6.07, 6.45) is 41.1. The van der Waals surface area contributed by atoms with Gasteiger partial charge in [-0.2, -0.15) is 8.42 Å². The van der Waals surface area contributed by atoms with Crippen LogP contribution >= 0.6 is 0 Å². The summed E-state index contributed by atoms with van der Waals surface area (Å²) in [5.74, 6) is -0.264. The van der Waals surface area contributed by atoms with Crippen LogP contribution in [0.4, 0.5) is 0 Å². The third-order valence-corrected chi connectivity index (χ3v) is 12.9. The molecule has 1 amide bonds. The molecule has 0 saturated carbocycles. The van der Waals surface area contributed by atoms with Crippen molar-refractivity contribution in [3.63, 3.8) is 0 Å². The molecule has 13 heteroatoms. The molecule has 1 fully saturated rings. The molecule has 0 aromatic heterocycles. The highest BCUT2D eigenvalue weighted by atomic mass is 32.3. The largest absolute Gasteiger partial charge is 0.397 e. The van der Waals surface area contributed by atoms with E-state index in [9.17, 15) is 38.2 Å². The highest BCUT2D eigenvalue weighted by molar-refractivity contribution is 7.80. The van der Waals surface area contributed by atoms with Gasteiger partial charge >= 0.3 is 10.4 Å². The minimum absolute atomic E-state index is 0.264. The first-order valence-electron chi connectivity index (χ1n) is 26.2. The minimum Gasteiger partial charge on any atom is -0.394 e. The second-order valence-electron chi connectivity index (χ2n) is 18.5. The zero-order valence-corrected chi connectivity index (χ0v) is 41.4. The van der Waals surface area contributed by atoms with Crippen molar-refractivity contribution in [3.8, 4) is 0 Å². The van der Waals surface area contributed by atoms with E-state index in [1.165, 1.54) is 167 Å². The first kappa shape index (κ1) is 60.6. The lowest BCUT2D eigenvalue weighted by molar-refractivity contribution is -0.298. The van der Waals surface area contributed by atoms with Crippen LogP contribution < -0.4 is 5.32 Å². The first-order chi connectivity index (χ1) is 31.0. The van der Waals surface area contributed by atoms with Crippen LogP contribution in [0, 0.1) is 0 Å². The van der Waals surface area contributed by atoms with Gasteiger partial charge in [0.1, 0.15) is 24.4 Å². The normalized spacial score (nSPS) is 20.4. The molecule has 0 bridgehead atoms. The molecule has 0 aromatic rings. The second kappa shape index (κ2) is 41.7. The molecule has 0 aliphatic carbocycles. The Labute approximate surface area is 391 Å². The maximum atomic E-state index is 13.0. The van der Waals surface area contributed by atoms with Crippen LogP contribution in [0.3, 0.4) is 0 Å². The summed E-state index contributed by atoms with van der Waals surface area (Å²) in [6.45, 7) is 3.36. The Morgan fingerprint density at radius 1 is 0.609 bits per heavy atom. The lowest BCUT2D eigenvalue weighted by atomic mass is 9.99. The molecule has 64 heavy (non-hydrogen) atoms. The molecular weight excluding hydrogens is 835 g/mol. The maximum Gasteiger partial charge on any atom is 0.397 e. The first-order valence-corrected chi connectivity index (χ1v) is 27.6. The molecule has 1 aliphatic rings. The van der Waals surface area contributed by atoms with E-state index in [2.05, 4.69) is 35.5 Å². The number of aliphatic hydroxyl groups is 4. The number of nitrogens with one attached hydrogen (secondary N) is 1. The van der Waals surface area contributed by atoms with Gasteiger partial charge in [0.2, 0.25) is 5.91 Å². The molecule has 1 saturated heterocycles. The van der Waals surface area contributed by atoms with Gasteiger partial charge in [0.05, 0.1) is 25.4 Å². The molecule has 0 spiro atoms. The van der Waals surface area contributed by atoms with Crippen LogP contribution in [0.1, 0.15) is 239 Å².